The largest absolute Gasteiger partial charge is 0.481 e. The first-order valence-corrected chi connectivity index (χ1v) is 6.47. The Balaban J connectivity index is 2.07. The highest BCUT2D eigenvalue weighted by atomic mass is 16.5. The Bertz CT molecular complexity index is 354. The molecule has 0 saturated heterocycles. The molecule has 3 nitrogen and oxygen atoms in total. The van der Waals surface area contributed by atoms with Crippen LogP contribution in [0.2, 0.25) is 0 Å². The number of aliphatic hydroxyl groups excluding tert-OH is 1. The van der Waals surface area contributed by atoms with Crippen LogP contribution in [0.1, 0.15) is 37.7 Å². The van der Waals surface area contributed by atoms with Crippen LogP contribution in [-0.2, 0) is 6.42 Å². The molecular formula is C14H21NO2. The fourth-order valence-electron chi connectivity index (χ4n) is 2.65. The third-order valence-electron chi connectivity index (χ3n) is 3.64. The van der Waals surface area contributed by atoms with E-state index in [1.165, 1.54) is 12.8 Å². The molecule has 0 aromatic carbocycles. The van der Waals surface area contributed by atoms with E-state index in [0.29, 0.717) is 11.8 Å². The van der Waals surface area contributed by atoms with Crippen molar-refractivity contribution in [3.05, 3.63) is 23.9 Å². The fraction of sp³-hybridized carbons (Fsp3) is 0.643. The number of nitrogens with zero attached hydrogens (tertiary/aromatic N) is 1. The summed E-state index contributed by atoms with van der Waals surface area (Å²) in [6.07, 6.45) is 8.13. The van der Waals surface area contributed by atoms with Crippen molar-refractivity contribution in [2.75, 3.05) is 7.11 Å². The molecule has 1 aromatic rings. The van der Waals surface area contributed by atoms with E-state index in [9.17, 15) is 5.11 Å². The van der Waals surface area contributed by atoms with Gasteiger partial charge >= 0.3 is 0 Å². The number of ether oxygens (including phenoxy) is 1. The number of pyridine rings is 1. The highest BCUT2D eigenvalue weighted by molar-refractivity contribution is 5.26. The van der Waals surface area contributed by atoms with Gasteiger partial charge in [-0.05, 0) is 31.2 Å². The molecule has 1 aliphatic carbocycles. The third kappa shape index (κ3) is 3.19. The first kappa shape index (κ1) is 12.4. The van der Waals surface area contributed by atoms with Gasteiger partial charge in [-0.1, -0.05) is 25.3 Å². The molecular weight excluding hydrogens is 214 g/mol. The Morgan fingerprint density at radius 1 is 1.35 bits per heavy atom. The van der Waals surface area contributed by atoms with E-state index in [0.717, 1.165) is 31.2 Å². The second-order valence-corrected chi connectivity index (χ2v) is 4.84. The average molecular weight is 235 g/mol. The van der Waals surface area contributed by atoms with E-state index in [2.05, 4.69) is 4.98 Å². The Morgan fingerprint density at radius 3 is 3.00 bits per heavy atom. The molecule has 1 aromatic heterocycles. The van der Waals surface area contributed by atoms with Crippen molar-refractivity contribution in [3.8, 4) is 5.88 Å². The molecule has 1 saturated carbocycles. The van der Waals surface area contributed by atoms with E-state index in [-0.39, 0.29) is 6.10 Å². The number of rotatable bonds is 3. The summed E-state index contributed by atoms with van der Waals surface area (Å²) in [6.45, 7) is 0. The zero-order valence-corrected chi connectivity index (χ0v) is 10.4. The first-order chi connectivity index (χ1) is 8.31. The highest BCUT2D eigenvalue weighted by Gasteiger charge is 2.23. The zero-order valence-electron chi connectivity index (χ0n) is 10.4. The SMILES string of the molecule is COc1ncccc1CC1CCCCCC1O. The van der Waals surface area contributed by atoms with Crippen molar-refractivity contribution >= 4 is 0 Å². The van der Waals surface area contributed by atoms with Gasteiger partial charge < -0.3 is 9.84 Å². The lowest BCUT2D eigenvalue weighted by Crippen LogP contribution is -2.21. The lowest BCUT2D eigenvalue weighted by atomic mass is 9.90. The normalized spacial score (nSPS) is 25.3. The van der Waals surface area contributed by atoms with Gasteiger partial charge in [-0.2, -0.15) is 0 Å². The lowest BCUT2D eigenvalue weighted by Gasteiger charge is -2.20. The summed E-state index contributed by atoms with van der Waals surface area (Å²) >= 11 is 0. The quantitative estimate of drug-likeness (QED) is 0.819. The molecule has 0 amide bonds. The Labute approximate surface area is 103 Å². The van der Waals surface area contributed by atoms with Crippen LogP contribution in [0.25, 0.3) is 0 Å². The Hall–Kier alpha value is -1.09. The summed E-state index contributed by atoms with van der Waals surface area (Å²) in [6, 6.07) is 3.98. The number of aromatic nitrogens is 1. The summed E-state index contributed by atoms with van der Waals surface area (Å²) in [5.41, 5.74) is 1.11. The van der Waals surface area contributed by atoms with Gasteiger partial charge in [0.05, 0.1) is 13.2 Å². The molecule has 3 heteroatoms. The molecule has 0 aliphatic heterocycles. The van der Waals surface area contributed by atoms with Crippen molar-refractivity contribution in [1.29, 1.82) is 0 Å². The van der Waals surface area contributed by atoms with Crippen molar-refractivity contribution in [2.24, 2.45) is 5.92 Å². The van der Waals surface area contributed by atoms with Gasteiger partial charge in [-0.25, -0.2) is 4.98 Å². The minimum Gasteiger partial charge on any atom is -0.481 e. The molecule has 1 N–H and O–H groups in total. The maximum atomic E-state index is 10.1. The molecule has 0 spiro atoms. The molecule has 1 fully saturated rings. The molecule has 0 radical (unpaired) electrons. The fourth-order valence-corrected chi connectivity index (χ4v) is 2.65. The molecule has 2 unspecified atom stereocenters. The van der Waals surface area contributed by atoms with Crippen molar-refractivity contribution in [3.63, 3.8) is 0 Å². The summed E-state index contributed by atoms with van der Waals surface area (Å²) in [5, 5.41) is 10.1. The zero-order chi connectivity index (χ0) is 12.1. The van der Waals surface area contributed by atoms with Crippen molar-refractivity contribution in [1.82, 2.24) is 4.98 Å². The molecule has 2 rings (SSSR count). The number of methoxy groups -OCH3 is 1. The molecule has 17 heavy (non-hydrogen) atoms. The number of aliphatic hydroxyl groups is 1. The monoisotopic (exact) mass is 235 g/mol. The van der Waals surface area contributed by atoms with Crippen LogP contribution in [0.15, 0.2) is 18.3 Å². The Kier molecular flexibility index (Phi) is 4.37. The van der Waals surface area contributed by atoms with E-state index in [1.54, 1.807) is 13.3 Å². The van der Waals surface area contributed by atoms with E-state index in [1.807, 2.05) is 12.1 Å². The highest BCUT2D eigenvalue weighted by Crippen LogP contribution is 2.28. The third-order valence-corrected chi connectivity index (χ3v) is 3.64. The van der Waals surface area contributed by atoms with Crippen LogP contribution in [-0.4, -0.2) is 23.3 Å². The van der Waals surface area contributed by atoms with Crippen molar-refractivity contribution < 1.29 is 9.84 Å². The summed E-state index contributed by atoms with van der Waals surface area (Å²) in [5.74, 6) is 1.06. The maximum absolute atomic E-state index is 10.1. The first-order valence-electron chi connectivity index (χ1n) is 6.47. The van der Waals surface area contributed by atoms with Crippen LogP contribution in [0, 0.1) is 5.92 Å². The van der Waals surface area contributed by atoms with Gasteiger partial charge in [0, 0.05) is 11.8 Å². The topological polar surface area (TPSA) is 42.4 Å². The molecule has 1 aliphatic rings. The smallest absolute Gasteiger partial charge is 0.216 e. The standard InChI is InChI=1S/C14H21NO2/c1-17-14-12(7-5-9-15-14)10-11-6-3-2-4-8-13(11)16/h5,7,9,11,13,16H,2-4,6,8,10H2,1H3. The van der Waals surface area contributed by atoms with Gasteiger partial charge in [0.1, 0.15) is 0 Å². The van der Waals surface area contributed by atoms with Crippen molar-refractivity contribution in [2.45, 2.75) is 44.6 Å². The van der Waals surface area contributed by atoms with Gasteiger partial charge in [0.15, 0.2) is 0 Å². The van der Waals surface area contributed by atoms with Gasteiger partial charge in [-0.3, -0.25) is 0 Å². The lowest BCUT2D eigenvalue weighted by molar-refractivity contribution is 0.100. The Morgan fingerprint density at radius 2 is 2.18 bits per heavy atom. The van der Waals surface area contributed by atoms with Gasteiger partial charge in [0.25, 0.3) is 0 Å². The molecule has 1 heterocycles. The second-order valence-electron chi connectivity index (χ2n) is 4.84. The van der Waals surface area contributed by atoms with E-state index < -0.39 is 0 Å². The minimum absolute atomic E-state index is 0.164. The number of hydrogen-bond donors (Lipinski definition) is 1. The number of hydrogen-bond acceptors (Lipinski definition) is 3. The molecule has 0 bridgehead atoms. The average Bonchev–Trinajstić information content (AvgIpc) is 2.56. The minimum atomic E-state index is -0.164. The van der Waals surface area contributed by atoms with Gasteiger partial charge in [0.2, 0.25) is 5.88 Å². The second kappa shape index (κ2) is 6.01. The van der Waals surface area contributed by atoms with Crippen LogP contribution in [0.4, 0.5) is 0 Å². The van der Waals surface area contributed by atoms with Crippen LogP contribution >= 0.6 is 0 Å². The predicted octanol–water partition coefficient (Wildman–Crippen LogP) is 2.57. The van der Waals surface area contributed by atoms with Crippen LogP contribution < -0.4 is 4.74 Å². The summed E-state index contributed by atoms with van der Waals surface area (Å²) < 4.78 is 5.26. The van der Waals surface area contributed by atoms with Crippen LogP contribution in [0.3, 0.4) is 0 Å². The summed E-state index contributed by atoms with van der Waals surface area (Å²) in [7, 11) is 1.65. The maximum Gasteiger partial charge on any atom is 0.216 e. The van der Waals surface area contributed by atoms with Gasteiger partial charge in [-0.15, -0.1) is 0 Å². The van der Waals surface area contributed by atoms with E-state index >= 15 is 0 Å². The van der Waals surface area contributed by atoms with Crippen LogP contribution in [0.5, 0.6) is 5.88 Å². The molecule has 2 atom stereocenters. The predicted molar refractivity (Wildman–Crippen MR) is 67.1 cm³/mol. The van der Waals surface area contributed by atoms with E-state index in [4.69, 9.17) is 4.74 Å². The summed E-state index contributed by atoms with van der Waals surface area (Å²) in [4.78, 5) is 4.21. The molecule has 94 valence electrons.